The third kappa shape index (κ3) is 3.69. The SMILES string of the molecule is CCOC(=O)c1cnn(Cc2ccc(N3CC4CC4C3)nc2C(C)CO)c1. The molecule has 2 aromatic rings. The number of aliphatic hydroxyl groups excluding tert-OH is 1. The molecule has 7 nitrogen and oxygen atoms in total. The van der Waals surface area contributed by atoms with Crippen LogP contribution >= 0.6 is 0 Å². The molecule has 144 valence electrons. The first-order valence-corrected chi connectivity index (χ1v) is 9.64. The first-order chi connectivity index (χ1) is 13.1. The van der Waals surface area contributed by atoms with Crippen molar-refractivity contribution in [2.24, 2.45) is 11.8 Å². The summed E-state index contributed by atoms with van der Waals surface area (Å²) in [5.41, 5.74) is 2.33. The Labute approximate surface area is 159 Å². The van der Waals surface area contributed by atoms with Crippen LogP contribution in [0.4, 0.5) is 5.82 Å². The Balaban J connectivity index is 1.55. The normalized spacial score (nSPS) is 21.8. The topological polar surface area (TPSA) is 80.5 Å². The number of pyridine rings is 1. The number of esters is 1. The molecule has 0 bridgehead atoms. The van der Waals surface area contributed by atoms with Gasteiger partial charge in [0.1, 0.15) is 5.82 Å². The molecule has 2 aromatic heterocycles. The Hall–Kier alpha value is -2.41. The number of anilines is 1. The number of ether oxygens (including phenoxy) is 1. The molecule has 3 heterocycles. The second-order valence-corrected chi connectivity index (χ2v) is 7.61. The molecule has 4 rings (SSSR count). The van der Waals surface area contributed by atoms with Crippen LogP contribution in [0.3, 0.4) is 0 Å². The molecule has 1 aliphatic carbocycles. The maximum atomic E-state index is 11.8. The highest BCUT2D eigenvalue weighted by molar-refractivity contribution is 5.88. The van der Waals surface area contributed by atoms with Gasteiger partial charge >= 0.3 is 5.97 Å². The van der Waals surface area contributed by atoms with Crippen LogP contribution in [0, 0.1) is 11.8 Å². The molecule has 0 spiro atoms. The lowest BCUT2D eigenvalue weighted by Gasteiger charge is -2.22. The van der Waals surface area contributed by atoms with Crippen molar-refractivity contribution >= 4 is 11.8 Å². The molecule has 2 fully saturated rings. The second-order valence-electron chi connectivity index (χ2n) is 7.61. The van der Waals surface area contributed by atoms with Crippen LogP contribution in [-0.2, 0) is 11.3 Å². The van der Waals surface area contributed by atoms with Crippen LogP contribution in [-0.4, -0.2) is 52.1 Å². The van der Waals surface area contributed by atoms with Crippen molar-refractivity contribution in [3.8, 4) is 0 Å². The zero-order valence-electron chi connectivity index (χ0n) is 15.8. The van der Waals surface area contributed by atoms with E-state index in [1.54, 1.807) is 17.8 Å². The Bertz CT molecular complexity index is 824. The highest BCUT2D eigenvalue weighted by Crippen LogP contribution is 2.46. The number of aliphatic hydroxyl groups is 1. The van der Waals surface area contributed by atoms with Crippen molar-refractivity contribution < 1.29 is 14.6 Å². The fourth-order valence-electron chi connectivity index (χ4n) is 3.85. The highest BCUT2D eigenvalue weighted by Gasteiger charge is 2.45. The van der Waals surface area contributed by atoms with Gasteiger partial charge in [-0.25, -0.2) is 9.78 Å². The molecule has 3 atom stereocenters. The predicted molar refractivity (Wildman–Crippen MR) is 101 cm³/mol. The lowest BCUT2D eigenvalue weighted by Crippen LogP contribution is -2.24. The number of fused-ring (bicyclic) bond motifs is 1. The highest BCUT2D eigenvalue weighted by atomic mass is 16.5. The third-order valence-corrected chi connectivity index (χ3v) is 5.52. The number of carbonyl (C=O) groups excluding carboxylic acids is 1. The molecular weight excluding hydrogens is 344 g/mol. The molecule has 2 aliphatic rings. The summed E-state index contributed by atoms with van der Waals surface area (Å²) < 4.78 is 6.72. The smallest absolute Gasteiger partial charge is 0.341 e. The van der Waals surface area contributed by atoms with Crippen LogP contribution in [0.2, 0.25) is 0 Å². The van der Waals surface area contributed by atoms with E-state index in [0.717, 1.165) is 42.0 Å². The van der Waals surface area contributed by atoms with Gasteiger partial charge in [-0.2, -0.15) is 5.10 Å². The quantitative estimate of drug-likeness (QED) is 0.752. The zero-order chi connectivity index (χ0) is 19.0. The number of piperidine rings is 1. The van der Waals surface area contributed by atoms with Gasteiger partial charge in [-0.3, -0.25) is 4.68 Å². The van der Waals surface area contributed by atoms with Gasteiger partial charge in [0.25, 0.3) is 0 Å². The van der Waals surface area contributed by atoms with Crippen LogP contribution in [0.1, 0.15) is 47.8 Å². The number of hydrogen-bond donors (Lipinski definition) is 1. The Morgan fingerprint density at radius 1 is 1.37 bits per heavy atom. The molecular formula is C20H26N4O3. The lowest BCUT2D eigenvalue weighted by molar-refractivity contribution is 0.0526. The summed E-state index contributed by atoms with van der Waals surface area (Å²) in [6.45, 7) is 6.81. The van der Waals surface area contributed by atoms with Crippen LogP contribution in [0.5, 0.6) is 0 Å². The molecule has 0 radical (unpaired) electrons. The van der Waals surface area contributed by atoms with Crippen molar-refractivity contribution in [3.05, 3.63) is 41.3 Å². The van der Waals surface area contributed by atoms with E-state index in [1.807, 2.05) is 6.92 Å². The largest absolute Gasteiger partial charge is 0.462 e. The molecule has 0 amide bonds. The van der Waals surface area contributed by atoms with E-state index in [4.69, 9.17) is 9.72 Å². The summed E-state index contributed by atoms with van der Waals surface area (Å²) in [6.07, 6.45) is 4.56. The minimum absolute atomic E-state index is 0.0435. The maximum absolute atomic E-state index is 11.8. The number of hydrogen-bond acceptors (Lipinski definition) is 6. The van der Waals surface area contributed by atoms with Gasteiger partial charge in [0.05, 0.1) is 37.2 Å². The lowest BCUT2D eigenvalue weighted by atomic mass is 10.0. The number of rotatable bonds is 7. The van der Waals surface area contributed by atoms with E-state index in [9.17, 15) is 9.90 Å². The van der Waals surface area contributed by atoms with Crippen LogP contribution in [0.25, 0.3) is 0 Å². The van der Waals surface area contributed by atoms with Gasteiger partial charge in [0.15, 0.2) is 0 Å². The summed E-state index contributed by atoms with van der Waals surface area (Å²) in [5, 5.41) is 14.0. The van der Waals surface area contributed by atoms with Crippen molar-refractivity contribution in [1.82, 2.24) is 14.8 Å². The monoisotopic (exact) mass is 370 g/mol. The number of carbonyl (C=O) groups is 1. The van der Waals surface area contributed by atoms with Gasteiger partial charge in [0, 0.05) is 25.2 Å². The van der Waals surface area contributed by atoms with Crippen molar-refractivity contribution in [1.29, 1.82) is 0 Å². The summed E-state index contributed by atoms with van der Waals surface area (Å²) >= 11 is 0. The van der Waals surface area contributed by atoms with Gasteiger partial charge < -0.3 is 14.7 Å². The van der Waals surface area contributed by atoms with E-state index in [-0.39, 0.29) is 18.5 Å². The average molecular weight is 370 g/mol. The van der Waals surface area contributed by atoms with Gasteiger partial charge in [-0.15, -0.1) is 0 Å². The fraction of sp³-hybridized carbons (Fsp3) is 0.550. The van der Waals surface area contributed by atoms with E-state index in [0.29, 0.717) is 18.7 Å². The second kappa shape index (κ2) is 7.31. The minimum Gasteiger partial charge on any atom is -0.462 e. The molecule has 7 heteroatoms. The summed E-state index contributed by atoms with van der Waals surface area (Å²) in [7, 11) is 0. The third-order valence-electron chi connectivity index (χ3n) is 5.52. The molecule has 1 aliphatic heterocycles. The van der Waals surface area contributed by atoms with E-state index in [2.05, 4.69) is 22.1 Å². The number of aromatic nitrogens is 3. The van der Waals surface area contributed by atoms with Crippen LogP contribution < -0.4 is 4.90 Å². The van der Waals surface area contributed by atoms with Crippen molar-refractivity contribution in [2.45, 2.75) is 32.7 Å². The minimum atomic E-state index is -0.367. The van der Waals surface area contributed by atoms with Gasteiger partial charge in [-0.1, -0.05) is 13.0 Å². The zero-order valence-corrected chi connectivity index (χ0v) is 15.8. The molecule has 0 aromatic carbocycles. The van der Waals surface area contributed by atoms with E-state index >= 15 is 0 Å². The van der Waals surface area contributed by atoms with E-state index in [1.165, 1.54) is 12.6 Å². The number of nitrogens with zero attached hydrogens (tertiary/aromatic N) is 4. The summed E-state index contributed by atoms with van der Waals surface area (Å²) in [6, 6.07) is 4.13. The Kier molecular flexibility index (Phi) is 4.86. The molecule has 27 heavy (non-hydrogen) atoms. The average Bonchev–Trinajstić information content (AvgIpc) is 3.07. The predicted octanol–water partition coefficient (Wildman–Crippen LogP) is 2.05. The van der Waals surface area contributed by atoms with Crippen molar-refractivity contribution in [3.63, 3.8) is 0 Å². The maximum Gasteiger partial charge on any atom is 0.341 e. The van der Waals surface area contributed by atoms with Crippen LogP contribution in [0.15, 0.2) is 24.5 Å². The van der Waals surface area contributed by atoms with Gasteiger partial charge in [-0.05, 0) is 36.8 Å². The fourth-order valence-corrected chi connectivity index (χ4v) is 3.85. The standard InChI is InChI=1S/C20H26N4O3/c1-3-27-20(26)17-7-21-24(11-17)10-14-4-5-18(22-19(14)13(2)12-25)23-8-15-6-16(15)9-23/h4-5,7,11,13,15-16,25H,3,6,8-10,12H2,1-2H3. The Morgan fingerprint density at radius 2 is 2.15 bits per heavy atom. The molecule has 1 saturated heterocycles. The van der Waals surface area contributed by atoms with E-state index < -0.39 is 0 Å². The molecule has 1 saturated carbocycles. The molecule has 3 unspecified atom stereocenters. The first kappa shape index (κ1) is 18.0. The summed E-state index contributed by atoms with van der Waals surface area (Å²) in [4.78, 5) is 19.1. The van der Waals surface area contributed by atoms with Crippen molar-refractivity contribution in [2.75, 3.05) is 31.2 Å². The first-order valence-electron chi connectivity index (χ1n) is 9.64. The van der Waals surface area contributed by atoms with Gasteiger partial charge in [0.2, 0.25) is 0 Å². The molecule has 1 N–H and O–H groups in total. The summed E-state index contributed by atoms with van der Waals surface area (Å²) in [5.74, 6) is 2.26. The Morgan fingerprint density at radius 3 is 2.85 bits per heavy atom.